The molecule has 0 saturated heterocycles. The third-order valence-corrected chi connectivity index (χ3v) is 2.95. The summed E-state index contributed by atoms with van der Waals surface area (Å²) in [4.78, 5) is 11.4. The average Bonchev–Trinajstić information content (AvgIpc) is 2.66. The van der Waals surface area contributed by atoms with Crippen LogP contribution in [0.2, 0.25) is 0 Å². The topological polar surface area (TPSA) is 97.5 Å². The summed E-state index contributed by atoms with van der Waals surface area (Å²) in [6.45, 7) is 1.91. The Balaban J connectivity index is 2.92. The van der Waals surface area contributed by atoms with Crippen LogP contribution in [-0.4, -0.2) is 35.2 Å². The molecule has 0 aromatic carbocycles. The molecule has 7 heteroatoms. The summed E-state index contributed by atoms with van der Waals surface area (Å²) in [6.07, 6.45) is 0.731. The van der Waals surface area contributed by atoms with Crippen molar-refractivity contribution >= 4 is 28.3 Å². The maximum Gasteiger partial charge on any atom is 0.344 e. The third kappa shape index (κ3) is 2.61. The molecule has 1 aromatic rings. The summed E-state index contributed by atoms with van der Waals surface area (Å²) in [5, 5.41) is 12.6. The standard InChI is InChI=1S/C9H15N3O3S/c1-3-5(4-13)11-8-6(9(14)15-2)7(10)12-16-8/h5,11,13H,3-4H2,1-2H3,(H2,10,12). The van der Waals surface area contributed by atoms with Crippen molar-refractivity contribution in [3.05, 3.63) is 5.56 Å². The smallest absolute Gasteiger partial charge is 0.344 e. The van der Waals surface area contributed by atoms with Gasteiger partial charge in [-0.15, -0.1) is 0 Å². The monoisotopic (exact) mass is 245 g/mol. The molecule has 0 fully saturated rings. The van der Waals surface area contributed by atoms with Crippen LogP contribution in [0.4, 0.5) is 10.8 Å². The van der Waals surface area contributed by atoms with Crippen LogP contribution in [0.5, 0.6) is 0 Å². The van der Waals surface area contributed by atoms with E-state index in [1.165, 1.54) is 7.11 Å². The van der Waals surface area contributed by atoms with Crippen LogP contribution in [0, 0.1) is 0 Å². The van der Waals surface area contributed by atoms with E-state index in [0.29, 0.717) is 5.00 Å². The van der Waals surface area contributed by atoms with E-state index < -0.39 is 5.97 Å². The molecular weight excluding hydrogens is 230 g/mol. The fourth-order valence-corrected chi connectivity index (χ4v) is 1.94. The summed E-state index contributed by atoms with van der Waals surface area (Å²) < 4.78 is 8.49. The zero-order valence-corrected chi connectivity index (χ0v) is 10.0. The van der Waals surface area contributed by atoms with Gasteiger partial charge in [-0.2, -0.15) is 4.37 Å². The van der Waals surface area contributed by atoms with Crippen molar-refractivity contribution < 1.29 is 14.6 Å². The van der Waals surface area contributed by atoms with Gasteiger partial charge in [-0.25, -0.2) is 4.79 Å². The second kappa shape index (κ2) is 5.66. The predicted octanol–water partition coefficient (Wildman–Crippen LogP) is 0.695. The van der Waals surface area contributed by atoms with Gasteiger partial charge in [0.05, 0.1) is 13.7 Å². The first-order valence-electron chi connectivity index (χ1n) is 4.84. The number of esters is 1. The number of methoxy groups -OCH3 is 1. The summed E-state index contributed by atoms with van der Waals surface area (Å²) in [6, 6.07) is -0.122. The van der Waals surface area contributed by atoms with Gasteiger partial charge in [0.15, 0.2) is 5.82 Å². The lowest BCUT2D eigenvalue weighted by Gasteiger charge is -2.14. The molecule has 6 nitrogen and oxygen atoms in total. The van der Waals surface area contributed by atoms with E-state index in [2.05, 4.69) is 14.4 Å². The maximum atomic E-state index is 11.4. The number of aromatic nitrogens is 1. The first-order valence-corrected chi connectivity index (χ1v) is 5.62. The molecule has 0 aliphatic carbocycles. The SMILES string of the molecule is CCC(CO)Nc1snc(N)c1C(=O)OC. The van der Waals surface area contributed by atoms with Crippen LogP contribution >= 0.6 is 11.5 Å². The zero-order valence-electron chi connectivity index (χ0n) is 9.19. The largest absolute Gasteiger partial charge is 0.465 e. The number of carbonyl (C=O) groups is 1. The third-order valence-electron chi connectivity index (χ3n) is 2.16. The van der Waals surface area contributed by atoms with Crippen molar-refractivity contribution in [1.82, 2.24) is 4.37 Å². The molecule has 0 aliphatic rings. The van der Waals surface area contributed by atoms with Crippen LogP contribution in [0.1, 0.15) is 23.7 Å². The molecular formula is C9H15N3O3S. The van der Waals surface area contributed by atoms with Gasteiger partial charge in [0, 0.05) is 6.04 Å². The van der Waals surface area contributed by atoms with Crippen molar-refractivity contribution in [1.29, 1.82) is 0 Å². The molecule has 0 radical (unpaired) electrons. The summed E-state index contributed by atoms with van der Waals surface area (Å²) in [5.41, 5.74) is 5.81. The highest BCUT2D eigenvalue weighted by atomic mass is 32.1. The number of carbonyl (C=O) groups excluding carboxylic acids is 1. The number of rotatable bonds is 5. The van der Waals surface area contributed by atoms with Crippen LogP contribution in [0.25, 0.3) is 0 Å². The number of nitrogens with zero attached hydrogens (tertiary/aromatic N) is 1. The highest BCUT2D eigenvalue weighted by Crippen LogP contribution is 2.28. The molecule has 90 valence electrons. The number of anilines is 2. The number of hydrogen-bond donors (Lipinski definition) is 3. The molecule has 16 heavy (non-hydrogen) atoms. The van der Waals surface area contributed by atoms with Crippen molar-refractivity contribution in [2.75, 3.05) is 24.8 Å². The molecule has 1 heterocycles. The van der Waals surface area contributed by atoms with Crippen molar-refractivity contribution in [3.8, 4) is 0 Å². The molecule has 0 amide bonds. The summed E-state index contributed by atoms with van der Waals surface area (Å²) in [7, 11) is 1.28. The Morgan fingerprint density at radius 3 is 2.94 bits per heavy atom. The van der Waals surface area contributed by atoms with E-state index >= 15 is 0 Å². The number of ether oxygens (including phenoxy) is 1. The van der Waals surface area contributed by atoms with Gasteiger partial charge < -0.3 is 20.9 Å². The Morgan fingerprint density at radius 1 is 1.75 bits per heavy atom. The number of nitrogen functional groups attached to an aromatic ring is 1. The Hall–Kier alpha value is -1.34. The predicted molar refractivity (Wildman–Crippen MR) is 62.7 cm³/mol. The summed E-state index contributed by atoms with van der Waals surface area (Å²) >= 11 is 1.08. The lowest BCUT2D eigenvalue weighted by Crippen LogP contribution is -2.23. The molecule has 0 aliphatic heterocycles. The highest BCUT2D eigenvalue weighted by molar-refractivity contribution is 7.11. The fraction of sp³-hybridized carbons (Fsp3) is 0.556. The lowest BCUT2D eigenvalue weighted by atomic mass is 10.2. The fourth-order valence-electron chi connectivity index (χ4n) is 1.16. The van der Waals surface area contributed by atoms with Gasteiger partial charge in [-0.05, 0) is 18.0 Å². The number of aliphatic hydroxyl groups is 1. The highest BCUT2D eigenvalue weighted by Gasteiger charge is 2.21. The number of aliphatic hydroxyl groups excluding tert-OH is 1. The molecule has 1 aromatic heterocycles. The van der Waals surface area contributed by atoms with Crippen LogP contribution in [0.15, 0.2) is 0 Å². The maximum absolute atomic E-state index is 11.4. The van der Waals surface area contributed by atoms with E-state index in [0.717, 1.165) is 18.0 Å². The Kier molecular flexibility index (Phi) is 4.51. The van der Waals surface area contributed by atoms with Gasteiger partial charge in [0.1, 0.15) is 10.6 Å². The first kappa shape index (κ1) is 12.7. The minimum atomic E-state index is -0.526. The quantitative estimate of drug-likeness (QED) is 0.660. The Labute approximate surface area is 97.6 Å². The Bertz CT molecular complexity index is 363. The number of nitrogens with one attached hydrogen (secondary N) is 1. The Morgan fingerprint density at radius 2 is 2.44 bits per heavy atom. The van der Waals surface area contributed by atoms with Crippen LogP contribution < -0.4 is 11.1 Å². The number of nitrogens with two attached hydrogens (primary N) is 1. The van der Waals surface area contributed by atoms with E-state index in [1.807, 2.05) is 6.92 Å². The number of hydrogen-bond acceptors (Lipinski definition) is 7. The van der Waals surface area contributed by atoms with Crippen LogP contribution in [-0.2, 0) is 4.74 Å². The minimum Gasteiger partial charge on any atom is -0.465 e. The van der Waals surface area contributed by atoms with E-state index in [-0.39, 0.29) is 24.0 Å². The first-order chi connectivity index (χ1) is 7.63. The van der Waals surface area contributed by atoms with E-state index in [9.17, 15) is 4.79 Å². The normalized spacial score (nSPS) is 12.2. The van der Waals surface area contributed by atoms with Gasteiger partial charge >= 0.3 is 5.97 Å². The molecule has 4 N–H and O–H groups in total. The molecule has 1 atom stereocenters. The molecule has 1 rings (SSSR count). The average molecular weight is 245 g/mol. The van der Waals surface area contributed by atoms with Crippen molar-refractivity contribution in [2.45, 2.75) is 19.4 Å². The second-order valence-corrected chi connectivity index (χ2v) is 3.97. The van der Waals surface area contributed by atoms with Crippen molar-refractivity contribution in [3.63, 3.8) is 0 Å². The van der Waals surface area contributed by atoms with Gasteiger partial charge in [0.25, 0.3) is 0 Å². The second-order valence-electron chi connectivity index (χ2n) is 3.20. The van der Waals surface area contributed by atoms with Gasteiger partial charge in [-0.1, -0.05) is 6.92 Å². The summed E-state index contributed by atoms with van der Waals surface area (Å²) in [5.74, 6) is -0.381. The van der Waals surface area contributed by atoms with Gasteiger partial charge in [-0.3, -0.25) is 0 Å². The minimum absolute atomic E-state index is 0.0189. The van der Waals surface area contributed by atoms with E-state index in [1.54, 1.807) is 0 Å². The molecule has 0 spiro atoms. The lowest BCUT2D eigenvalue weighted by molar-refractivity contribution is 0.0603. The van der Waals surface area contributed by atoms with Crippen LogP contribution in [0.3, 0.4) is 0 Å². The van der Waals surface area contributed by atoms with Gasteiger partial charge in [0.2, 0.25) is 0 Å². The zero-order chi connectivity index (χ0) is 12.1. The van der Waals surface area contributed by atoms with E-state index in [4.69, 9.17) is 10.8 Å². The molecule has 0 bridgehead atoms. The molecule has 0 saturated carbocycles. The molecule has 1 unspecified atom stereocenters. The van der Waals surface area contributed by atoms with Crippen molar-refractivity contribution in [2.24, 2.45) is 0 Å².